The van der Waals surface area contributed by atoms with Crippen LogP contribution >= 0.6 is 23.1 Å². The van der Waals surface area contributed by atoms with Crippen LogP contribution in [0, 0.1) is 10.1 Å². The highest BCUT2D eigenvalue weighted by molar-refractivity contribution is 7.98. The Balaban J connectivity index is 2.17. The van der Waals surface area contributed by atoms with E-state index in [0.717, 1.165) is 16.9 Å². The van der Waals surface area contributed by atoms with Gasteiger partial charge in [0.25, 0.3) is 0 Å². The van der Waals surface area contributed by atoms with Gasteiger partial charge in [-0.2, -0.15) is 0 Å². The van der Waals surface area contributed by atoms with Gasteiger partial charge >= 0.3 is 5.00 Å². The summed E-state index contributed by atoms with van der Waals surface area (Å²) in [5.41, 5.74) is 1.74. The smallest absolute Gasteiger partial charge is 0.337 e. The fraction of sp³-hybridized carbons (Fsp3) is 0.167. The standard InChI is InChI=1S/C12H11NO3S2/c14-6-10-8-18-12(13(15)16)11(10)17-7-9-4-2-1-3-5-9/h1-5,8,14H,6-7H2. The molecule has 94 valence electrons. The Morgan fingerprint density at radius 1 is 1.33 bits per heavy atom. The van der Waals surface area contributed by atoms with Gasteiger partial charge < -0.3 is 5.11 Å². The minimum absolute atomic E-state index is 0.111. The van der Waals surface area contributed by atoms with Crippen molar-refractivity contribution in [3.05, 3.63) is 57.0 Å². The maximum atomic E-state index is 10.9. The maximum Gasteiger partial charge on any atom is 0.337 e. The molecule has 0 fully saturated rings. The molecule has 1 N–H and O–H groups in total. The molecule has 0 saturated carbocycles. The predicted octanol–water partition coefficient (Wildman–Crippen LogP) is 3.44. The van der Waals surface area contributed by atoms with Crippen molar-refractivity contribution < 1.29 is 10.0 Å². The molecule has 0 amide bonds. The fourth-order valence-corrected chi connectivity index (χ4v) is 3.67. The lowest BCUT2D eigenvalue weighted by atomic mass is 10.2. The summed E-state index contributed by atoms with van der Waals surface area (Å²) < 4.78 is 0. The molecule has 0 saturated heterocycles. The van der Waals surface area contributed by atoms with Crippen LogP contribution in [0.4, 0.5) is 5.00 Å². The van der Waals surface area contributed by atoms with Gasteiger partial charge in [-0.3, -0.25) is 10.1 Å². The number of nitrogens with zero attached hydrogens (tertiary/aromatic N) is 1. The summed E-state index contributed by atoms with van der Waals surface area (Å²) in [6.45, 7) is -0.165. The minimum Gasteiger partial charge on any atom is -0.392 e. The number of aliphatic hydroxyl groups is 1. The Morgan fingerprint density at radius 2 is 2.06 bits per heavy atom. The second-order valence-corrected chi connectivity index (χ2v) is 5.43. The average Bonchev–Trinajstić information content (AvgIpc) is 2.80. The minimum atomic E-state index is -0.392. The Morgan fingerprint density at radius 3 is 2.67 bits per heavy atom. The zero-order valence-electron chi connectivity index (χ0n) is 9.41. The Labute approximate surface area is 112 Å². The van der Waals surface area contributed by atoms with E-state index in [9.17, 15) is 15.2 Å². The van der Waals surface area contributed by atoms with Crippen molar-refractivity contribution in [1.29, 1.82) is 0 Å². The van der Waals surface area contributed by atoms with Crippen LogP contribution in [0.25, 0.3) is 0 Å². The highest BCUT2D eigenvalue weighted by Gasteiger charge is 2.20. The molecule has 1 aromatic heterocycles. The van der Waals surface area contributed by atoms with Crippen LogP contribution < -0.4 is 0 Å². The topological polar surface area (TPSA) is 63.4 Å². The van der Waals surface area contributed by atoms with Crippen molar-refractivity contribution in [2.24, 2.45) is 0 Å². The monoisotopic (exact) mass is 281 g/mol. The van der Waals surface area contributed by atoms with Gasteiger partial charge in [0, 0.05) is 16.7 Å². The molecule has 0 unspecified atom stereocenters. The van der Waals surface area contributed by atoms with Gasteiger partial charge in [0.15, 0.2) is 0 Å². The molecule has 0 radical (unpaired) electrons. The summed E-state index contributed by atoms with van der Waals surface area (Å²) in [6.07, 6.45) is 0. The van der Waals surface area contributed by atoms with Crippen LogP contribution in [0.3, 0.4) is 0 Å². The Bertz CT molecular complexity index is 540. The maximum absolute atomic E-state index is 10.9. The molecule has 2 aromatic rings. The van der Waals surface area contributed by atoms with Crippen LogP contribution in [-0.4, -0.2) is 10.0 Å². The highest BCUT2D eigenvalue weighted by atomic mass is 32.2. The molecule has 0 aliphatic rings. The second kappa shape index (κ2) is 5.99. The molecule has 18 heavy (non-hydrogen) atoms. The van der Waals surface area contributed by atoms with E-state index in [0.29, 0.717) is 16.2 Å². The van der Waals surface area contributed by atoms with E-state index in [2.05, 4.69) is 0 Å². The van der Waals surface area contributed by atoms with Gasteiger partial charge in [0.1, 0.15) is 4.90 Å². The van der Waals surface area contributed by atoms with Crippen LogP contribution in [0.5, 0.6) is 0 Å². The van der Waals surface area contributed by atoms with Gasteiger partial charge in [-0.05, 0) is 5.56 Å². The van der Waals surface area contributed by atoms with Crippen molar-refractivity contribution in [2.45, 2.75) is 17.3 Å². The van der Waals surface area contributed by atoms with E-state index in [1.807, 2.05) is 30.3 Å². The highest BCUT2D eigenvalue weighted by Crippen LogP contribution is 2.39. The van der Waals surface area contributed by atoms with E-state index in [1.54, 1.807) is 5.38 Å². The largest absolute Gasteiger partial charge is 0.392 e. The van der Waals surface area contributed by atoms with Crippen molar-refractivity contribution >= 4 is 28.1 Å². The van der Waals surface area contributed by atoms with Crippen LogP contribution in [0.15, 0.2) is 40.6 Å². The number of hydrogen-bond acceptors (Lipinski definition) is 5. The molecule has 1 heterocycles. The van der Waals surface area contributed by atoms with Crippen molar-refractivity contribution in [3.63, 3.8) is 0 Å². The number of benzene rings is 1. The van der Waals surface area contributed by atoms with Crippen LogP contribution in [-0.2, 0) is 12.4 Å². The SMILES string of the molecule is O=[N+]([O-])c1scc(CO)c1SCc1ccccc1. The number of nitro groups is 1. The van der Waals surface area contributed by atoms with Crippen LogP contribution in [0.2, 0.25) is 0 Å². The summed E-state index contributed by atoms with van der Waals surface area (Å²) >= 11 is 2.46. The van der Waals surface area contributed by atoms with Crippen molar-refractivity contribution in [2.75, 3.05) is 0 Å². The number of rotatable bonds is 5. The molecular formula is C12H11NO3S2. The summed E-state index contributed by atoms with van der Waals surface area (Å²) in [4.78, 5) is 11.1. The van der Waals surface area contributed by atoms with E-state index in [1.165, 1.54) is 11.8 Å². The first-order valence-corrected chi connectivity index (χ1v) is 7.11. The van der Waals surface area contributed by atoms with Crippen LogP contribution in [0.1, 0.15) is 11.1 Å². The number of thioether (sulfide) groups is 1. The molecule has 0 atom stereocenters. The lowest BCUT2D eigenvalue weighted by molar-refractivity contribution is -0.383. The third-order valence-corrected chi connectivity index (χ3v) is 4.69. The summed E-state index contributed by atoms with van der Waals surface area (Å²) in [5.74, 6) is 0.658. The molecule has 0 aliphatic carbocycles. The zero-order valence-corrected chi connectivity index (χ0v) is 11.0. The zero-order chi connectivity index (χ0) is 13.0. The lowest BCUT2D eigenvalue weighted by Gasteiger charge is -2.02. The van der Waals surface area contributed by atoms with Crippen molar-refractivity contribution in [1.82, 2.24) is 0 Å². The molecule has 0 spiro atoms. The van der Waals surface area contributed by atoms with Gasteiger partial charge in [-0.25, -0.2) is 0 Å². The average molecular weight is 281 g/mol. The van der Waals surface area contributed by atoms with E-state index < -0.39 is 4.92 Å². The fourth-order valence-electron chi connectivity index (χ4n) is 1.49. The normalized spacial score (nSPS) is 10.5. The molecular weight excluding hydrogens is 270 g/mol. The first-order chi connectivity index (χ1) is 8.72. The summed E-state index contributed by atoms with van der Waals surface area (Å²) in [7, 11) is 0. The summed E-state index contributed by atoms with van der Waals surface area (Å²) in [6, 6.07) is 9.75. The lowest BCUT2D eigenvalue weighted by Crippen LogP contribution is -1.90. The molecule has 0 aliphatic heterocycles. The molecule has 6 heteroatoms. The van der Waals surface area contributed by atoms with Crippen molar-refractivity contribution in [3.8, 4) is 0 Å². The van der Waals surface area contributed by atoms with E-state index >= 15 is 0 Å². The Kier molecular flexibility index (Phi) is 4.35. The number of aliphatic hydroxyl groups excluding tert-OH is 1. The molecule has 0 bridgehead atoms. The summed E-state index contributed by atoms with van der Waals surface area (Å²) in [5, 5.41) is 21.8. The first-order valence-electron chi connectivity index (χ1n) is 5.24. The van der Waals surface area contributed by atoms with E-state index in [4.69, 9.17) is 0 Å². The quantitative estimate of drug-likeness (QED) is 0.518. The third-order valence-electron chi connectivity index (χ3n) is 2.36. The van der Waals surface area contributed by atoms with E-state index in [-0.39, 0.29) is 11.6 Å². The molecule has 2 rings (SSSR count). The van der Waals surface area contributed by atoms with Gasteiger partial charge in [0.05, 0.1) is 11.5 Å². The van der Waals surface area contributed by atoms with Gasteiger partial charge in [-0.15, -0.1) is 11.8 Å². The Hall–Kier alpha value is -1.37. The number of hydrogen-bond donors (Lipinski definition) is 1. The molecule has 4 nitrogen and oxygen atoms in total. The second-order valence-electron chi connectivity index (χ2n) is 3.58. The predicted molar refractivity (Wildman–Crippen MR) is 72.9 cm³/mol. The third kappa shape index (κ3) is 2.90. The first kappa shape index (κ1) is 13.1. The van der Waals surface area contributed by atoms with Gasteiger partial charge in [0.2, 0.25) is 0 Å². The van der Waals surface area contributed by atoms with Gasteiger partial charge in [-0.1, -0.05) is 41.7 Å². The molecule has 1 aromatic carbocycles. The number of thiophene rings is 1.